The van der Waals surface area contributed by atoms with Crippen molar-refractivity contribution in [2.45, 2.75) is 19.5 Å². The fourth-order valence-electron chi connectivity index (χ4n) is 1.40. The Morgan fingerprint density at radius 3 is 3.06 bits per heavy atom. The second-order valence-corrected chi connectivity index (χ2v) is 3.95. The summed E-state index contributed by atoms with van der Waals surface area (Å²) >= 11 is 0. The molecule has 0 spiro atoms. The van der Waals surface area contributed by atoms with Gasteiger partial charge < -0.3 is 15.4 Å². The Hall–Kier alpha value is -1.04. The van der Waals surface area contributed by atoms with Crippen molar-refractivity contribution in [1.29, 1.82) is 0 Å². The van der Waals surface area contributed by atoms with Gasteiger partial charge in [-0.1, -0.05) is 0 Å². The second kappa shape index (κ2) is 8.11. The van der Waals surface area contributed by atoms with E-state index in [0.29, 0.717) is 18.7 Å². The minimum Gasteiger partial charge on any atom is -0.383 e. The molecule has 17 heavy (non-hydrogen) atoms. The highest BCUT2D eigenvalue weighted by atomic mass is 19.1. The van der Waals surface area contributed by atoms with Crippen LogP contribution in [0.15, 0.2) is 18.5 Å². The highest BCUT2D eigenvalue weighted by Crippen LogP contribution is 2.03. The molecule has 5 heteroatoms. The zero-order valence-electron chi connectivity index (χ0n) is 10.4. The van der Waals surface area contributed by atoms with E-state index in [-0.39, 0.29) is 11.9 Å². The van der Waals surface area contributed by atoms with Crippen molar-refractivity contribution < 1.29 is 9.13 Å². The van der Waals surface area contributed by atoms with Crippen molar-refractivity contribution in [2.24, 2.45) is 0 Å². The van der Waals surface area contributed by atoms with E-state index in [9.17, 15) is 4.39 Å². The van der Waals surface area contributed by atoms with Crippen molar-refractivity contribution >= 4 is 0 Å². The lowest BCUT2D eigenvalue weighted by molar-refractivity contribution is 0.198. The summed E-state index contributed by atoms with van der Waals surface area (Å²) in [4.78, 5) is 3.71. The Labute approximate surface area is 102 Å². The molecule has 1 aromatic rings. The van der Waals surface area contributed by atoms with Gasteiger partial charge in [0.15, 0.2) is 0 Å². The van der Waals surface area contributed by atoms with Gasteiger partial charge in [-0.15, -0.1) is 0 Å². The third kappa shape index (κ3) is 5.72. The van der Waals surface area contributed by atoms with Crippen LogP contribution < -0.4 is 10.6 Å². The van der Waals surface area contributed by atoms with Crippen LogP contribution in [0.2, 0.25) is 0 Å². The first-order valence-electron chi connectivity index (χ1n) is 5.75. The van der Waals surface area contributed by atoms with Gasteiger partial charge in [0.1, 0.15) is 5.82 Å². The topological polar surface area (TPSA) is 46.2 Å². The fourth-order valence-corrected chi connectivity index (χ4v) is 1.40. The number of hydrogen-bond donors (Lipinski definition) is 2. The largest absolute Gasteiger partial charge is 0.383 e. The van der Waals surface area contributed by atoms with Crippen LogP contribution in [0.4, 0.5) is 4.39 Å². The molecule has 0 bridgehead atoms. The third-order valence-electron chi connectivity index (χ3n) is 2.43. The third-order valence-corrected chi connectivity index (χ3v) is 2.43. The molecule has 2 N–H and O–H groups in total. The zero-order valence-corrected chi connectivity index (χ0v) is 10.4. The van der Waals surface area contributed by atoms with E-state index in [4.69, 9.17) is 4.74 Å². The van der Waals surface area contributed by atoms with Crippen molar-refractivity contribution in [3.05, 3.63) is 29.8 Å². The van der Waals surface area contributed by atoms with Gasteiger partial charge in [-0.2, -0.15) is 0 Å². The lowest BCUT2D eigenvalue weighted by Gasteiger charge is -2.14. The number of nitrogens with one attached hydrogen (secondary N) is 2. The fraction of sp³-hybridized carbons (Fsp3) is 0.583. The number of ether oxygens (including phenoxy) is 1. The summed E-state index contributed by atoms with van der Waals surface area (Å²) in [5.74, 6) is -0.264. The molecular formula is C12H20FN3O. The highest BCUT2D eigenvalue weighted by molar-refractivity contribution is 5.12. The van der Waals surface area contributed by atoms with Gasteiger partial charge in [-0.05, 0) is 13.0 Å². The van der Waals surface area contributed by atoms with Gasteiger partial charge in [0.25, 0.3) is 0 Å². The summed E-state index contributed by atoms with van der Waals surface area (Å²) in [6, 6.07) is 1.97. The van der Waals surface area contributed by atoms with Gasteiger partial charge in [0.05, 0.1) is 12.8 Å². The van der Waals surface area contributed by atoms with Crippen LogP contribution in [0.1, 0.15) is 12.5 Å². The van der Waals surface area contributed by atoms with Crippen molar-refractivity contribution in [3.63, 3.8) is 0 Å². The lowest BCUT2D eigenvalue weighted by atomic mass is 10.2. The monoisotopic (exact) mass is 241 g/mol. The molecule has 96 valence electrons. The van der Waals surface area contributed by atoms with Gasteiger partial charge in [0, 0.05) is 44.5 Å². The minimum atomic E-state index is -0.264. The predicted molar refractivity (Wildman–Crippen MR) is 65.2 cm³/mol. The average molecular weight is 241 g/mol. The first-order chi connectivity index (χ1) is 8.24. The van der Waals surface area contributed by atoms with Crippen LogP contribution in [-0.2, 0) is 11.3 Å². The maximum Gasteiger partial charge on any atom is 0.145 e. The molecule has 0 amide bonds. The van der Waals surface area contributed by atoms with Crippen molar-refractivity contribution in [1.82, 2.24) is 15.6 Å². The maximum atomic E-state index is 13.3. The first kappa shape index (κ1) is 14.0. The molecule has 0 saturated carbocycles. The zero-order chi connectivity index (χ0) is 12.5. The molecule has 4 nitrogen and oxygen atoms in total. The van der Waals surface area contributed by atoms with E-state index in [1.54, 1.807) is 19.4 Å². The Balaban J connectivity index is 2.19. The number of nitrogens with zero attached hydrogens (tertiary/aromatic N) is 1. The first-order valence-corrected chi connectivity index (χ1v) is 5.75. The Morgan fingerprint density at radius 1 is 1.53 bits per heavy atom. The van der Waals surface area contributed by atoms with E-state index in [0.717, 1.165) is 13.1 Å². The summed E-state index contributed by atoms with van der Waals surface area (Å²) in [5.41, 5.74) is 0.642. The molecule has 1 aromatic heterocycles. The standard InChI is InChI=1S/C12H20FN3O/c1-10(7-15-5-6-17-2)16-8-11-3-4-14-9-12(11)13/h3-4,9-10,15-16H,5-8H2,1-2H3. The normalized spacial score (nSPS) is 12.6. The lowest BCUT2D eigenvalue weighted by Crippen LogP contribution is -2.37. The van der Waals surface area contributed by atoms with Crippen LogP contribution in [0.5, 0.6) is 0 Å². The van der Waals surface area contributed by atoms with Crippen molar-refractivity contribution in [3.8, 4) is 0 Å². The summed E-state index contributed by atoms with van der Waals surface area (Å²) in [5, 5.41) is 6.49. The Kier molecular flexibility index (Phi) is 6.69. The summed E-state index contributed by atoms with van der Waals surface area (Å²) in [6.07, 6.45) is 2.83. The molecule has 1 heterocycles. The molecule has 1 unspecified atom stereocenters. The van der Waals surface area contributed by atoms with Gasteiger partial charge in [0.2, 0.25) is 0 Å². The molecule has 0 fully saturated rings. The highest BCUT2D eigenvalue weighted by Gasteiger charge is 2.04. The Bertz CT molecular complexity index is 322. The summed E-state index contributed by atoms with van der Waals surface area (Å²) in [7, 11) is 1.68. The summed E-state index contributed by atoms with van der Waals surface area (Å²) in [6.45, 7) is 4.92. The molecule has 0 saturated heterocycles. The molecule has 0 aliphatic heterocycles. The maximum absolute atomic E-state index is 13.3. The average Bonchev–Trinajstić information content (AvgIpc) is 2.34. The van der Waals surface area contributed by atoms with Crippen molar-refractivity contribution in [2.75, 3.05) is 26.8 Å². The molecule has 1 atom stereocenters. The number of aromatic nitrogens is 1. The Morgan fingerprint density at radius 2 is 2.35 bits per heavy atom. The quantitative estimate of drug-likeness (QED) is 0.665. The molecule has 1 rings (SSSR count). The molecule has 0 aliphatic rings. The predicted octanol–water partition coefficient (Wildman–Crippen LogP) is 0.935. The van der Waals surface area contributed by atoms with E-state index in [1.165, 1.54) is 6.20 Å². The van der Waals surface area contributed by atoms with E-state index in [1.807, 2.05) is 0 Å². The summed E-state index contributed by atoms with van der Waals surface area (Å²) < 4.78 is 18.2. The van der Waals surface area contributed by atoms with E-state index < -0.39 is 0 Å². The molecule has 0 aromatic carbocycles. The molecule has 0 aliphatic carbocycles. The number of methoxy groups -OCH3 is 1. The van der Waals surface area contributed by atoms with Gasteiger partial charge >= 0.3 is 0 Å². The molecular weight excluding hydrogens is 221 g/mol. The van der Waals surface area contributed by atoms with Crippen LogP contribution >= 0.6 is 0 Å². The van der Waals surface area contributed by atoms with Crippen LogP contribution in [0.25, 0.3) is 0 Å². The second-order valence-electron chi connectivity index (χ2n) is 3.95. The smallest absolute Gasteiger partial charge is 0.145 e. The number of rotatable bonds is 8. The molecule has 0 radical (unpaired) electrons. The van der Waals surface area contributed by atoms with E-state index >= 15 is 0 Å². The van der Waals surface area contributed by atoms with E-state index in [2.05, 4.69) is 22.5 Å². The van der Waals surface area contributed by atoms with Gasteiger partial charge in [-0.3, -0.25) is 4.98 Å². The van der Waals surface area contributed by atoms with Crippen LogP contribution in [-0.4, -0.2) is 37.8 Å². The van der Waals surface area contributed by atoms with Gasteiger partial charge in [-0.25, -0.2) is 4.39 Å². The number of halogens is 1. The number of pyridine rings is 1. The van der Waals surface area contributed by atoms with Crippen LogP contribution in [0, 0.1) is 5.82 Å². The number of hydrogen-bond acceptors (Lipinski definition) is 4. The SMILES string of the molecule is COCCNCC(C)NCc1ccncc1F. The minimum absolute atomic E-state index is 0.264. The van der Waals surface area contributed by atoms with Crippen LogP contribution in [0.3, 0.4) is 0 Å².